The molecule has 0 amide bonds. The van der Waals surface area contributed by atoms with Crippen molar-refractivity contribution in [2.24, 2.45) is 0 Å². The zero-order valence-electron chi connectivity index (χ0n) is 24.4. The van der Waals surface area contributed by atoms with Gasteiger partial charge in [-0.2, -0.15) is 68.8 Å². The quantitative estimate of drug-likeness (QED) is 0.0815. The van der Waals surface area contributed by atoms with Gasteiger partial charge in [-0.1, -0.05) is 0 Å². The van der Waals surface area contributed by atoms with Crippen LogP contribution in [-0.2, 0) is 33.2 Å². The summed E-state index contributed by atoms with van der Waals surface area (Å²) in [5.74, 6) is -38.0. The number of ether oxygens (including phenoxy) is 7. The summed E-state index contributed by atoms with van der Waals surface area (Å²) in [6.07, 6.45) is -9.67. The number of alkyl halides is 13. The van der Waals surface area contributed by atoms with Gasteiger partial charge in [-0.15, -0.1) is 0 Å². The highest BCUT2D eigenvalue weighted by Gasteiger charge is 2.90. The van der Waals surface area contributed by atoms with E-state index in [0.717, 1.165) is 0 Å². The molecule has 0 radical (unpaired) electrons. The lowest BCUT2D eigenvalue weighted by atomic mass is 9.93. The molecule has 0 saturated heterocycles. The molecule has 22 heteroatoms. The molecule has 0 spiro atoms. The Morgan fingerprint density at radius 1 is 0.370 bits per heavy atom. The molecule has 8 nitrogen and oxygen atoms in total. The molecular formula is C24H37F13O8S. The standard InChI is InChI=1S/C24H37F13O8S/c25-19(26,20(27,28)21(29,30)22(31,32)23(33,34)24(35,36)37)1-17-46-18-16-45-15-14-44-13-12-43-11-10-42-9-8-41-7-6-40-5-4-39-3-2-38/h38H,1-18H2. The average Bonchev–Trinajstić information content (AvgIpc) is 2.96. The van der Waals surface area contributed by atoms with Crippen LogP contribution in [-0.4, -0.2) is 152 Å². The number of thioether (sulfide) groups is 1. The number of aliphatic hydroxyl groups excluding tert-OH is 1. The maximum absolute atomic E-state index is 13.7. The summed E-state index contributed by atoms with van der Waals surface area (Å²) >= 11 is 0.420. The number of rotatable bonds is 30. The molecule has 0 aliphatic rings. The first-order chi connectivity index (χ1) is 21.3. The van der Waals surface area contributed by atoms with Gasteiger partial charge in [0, 0.05) is 12.2 Å². The summed E-state index contributed by atoms with van der Waals surface area (Å²) < 4.78 is 206. The van der Waals surface area contributed by atoms with Gasteiger partial charge in [0.05, 0.1) is 99.1 Å². The molecule has 0 heterocycles. The zero-order chi connectivity index (χ0) is 35.4. The molecule has 0 aliphatic carbocycles. The van der Waals surface area contributed by atoms with Gasteiger partial charge in [0.25, 0.3) is 0 Å². The van der Waals surface area contributed by atoms with E-state index in [2.05, 4.69) is 0 Å². The van der Waals surface area contributed by atoms with Crippen LogP contribution in [0.1, 0.15) is 6.42 Å². The maximum Gasteiger partial charge on any atom is 0.460 e. The van der Waals surface area contributed by atoms with Crippen LogP contribution in [0, 0.1) is 0 Å². The van der Waals surface area contributed by atoms with Crippen LogP contribution in [0.5, 0.6) is 0 Å². The molecule has 1 N–H and O–H groups in total. The van der Waals surface area contributed by atoms with Crippen LogP contribution in [0.2, 0.25) is 0 Å². The van der Waals surface area contributed by atoms with Crippen molar-refractivity contribution in [3.05, 3.63) is 0 Å². The van der Waals surface area contributed by atoms with Crippen molar-refractivity contribution in [1.29, 1.82) is 0 Å². The Morgan fingerprint density at radius 2 is 0.674 bits per heavy atom. The molecular weight excluding hydrogens is 695 g/mol. The first-order valence-corrected chi connectivity index (χ1v) is 14.7. The summed E-state index contributed by atoms with van der Waals surface area (Å²) in [7, 11) is 0. The van der Waals surface area contributed by atoms with Gasteiger partial charge in [0.1, 0.15) is 0 Å². The molecule has 0 aromatic rings. The third-order valence-electron chi connectivity index (χ3n) is 5.40. The molecule has 0 aromatic heterocycles. The zero-order valence-corrected chi connectivity index (χ0v) is 25.2. The first-order valence-electron chi connectivity index (χ1n) is 13.5. The highest BCUT2D eigenvalue weighted by atomic mass is 32.2. The van der Waals surface area contributed by atoms with Crippen molar-refractivity contribution in [2.75, 3.05) is 111 Å². The van der Waals surface area contributed by atoms with Crippen LogP contribution < -0.4 is 0 Å². The second-order valence-corrected chi connectivity index (χ2v) is 10.1. The topological polar surface area (TPSA) is 84.8 Å². The fraction of sp³-hybridized carbons (Fsp3) is 1.00. The molecule has 0 fully saturated rings. The number of hydrogen-bond donors (Lipinski definition) is 1. The molecule has 0 aromatic carbocycles. The molecule has 46 heavy (non-hydrogen) atoms. The van der Waals surface area contributed by atoms with E-state index in [1.807, 2.05) is 0 Å². The van der Waals surface area contributed by atoms with Crippen molar-refractivity contribution < 1.29 is 95.3 Å². The fourth-order valence-electron chi connectivity index (χ4n) is 2.87. The summed E-state index contributed by atoms with van der Waals surface area (Å²) in [5.41, 5.74) is 0. The summed E-state index contributed by atoms with van der Waals surface area (Å²) in [6, 6.07) is 0. The predicted octanol–water partition coefficient (Wildman–Crippen LogP) is 4.96. The normalized spacial score (nSPS) is 14.0. The Kier molecular flexibility index (Phi) is 21.5. The first kappa shape index (κ1) is 45.1. The lowest BCUT2D eigenvalue weighted by molar-refractivity contribution is -0.439. The van der Waals surface area contributed by atoms with E-state index in [9.17, 15) is 57.1 Å². The Labute approximate surface area is 260 Å². The van der Waals surface area contributed by atoms with Gasteiger partial charge < -0.3 is 38.3 Å². The van der Waals surface area contributed by atoms with Gasteiger partial charge in [-0.05, 0) is 5.75 Å². The number of hydrogen-bond acceptors (Lipinski definition) is 9. The average molecular weight is 733 g/mol. The van der Waals surface area contributed by atoms with Crippen molar-refractivity contribution in [3.63, 3.8) is 0 Å². The third-order valence-corrected chi connectivity index (χ3v) is 6.35. The van der Waals surface area contributed by atoms with E-state index in [4.69, 9.17) is 38.3 Å². The van der Waals surface area contributed by atoms with Crippen molar-refractivity contribution in [1.82, 2.24) is 0 Å². The molecule has 0 aliphatic heterocycles. The number of halogens is 13. The molecule has 0 atom stereocenters. The van der Waals surface area contributed by atoms with Gasteiger partial charge in [-0.3, -0.25) is 0 Å². The highest BCUT2D eigenvalue weighted by Crippen LogP contribution is 2.60. The Balaban J connectivity index is 3.88. The summed E-state index contributed by atoms with van der Waals surface area (Å²) in [5, 5.41) is 8.53. The lowest BCUT2D eigenvalue weighted by Crippen LogP contribution is -2.70. The number of aliphatic hydroxyl groups is 1. The van der Waals surface area contributed by atoms with Crippen LogP contribution in [0.15, 0.2) is 0 Å². The summed E-state index contributed by atoms with van der Waals surface area (Å²) in [4.78, 5) is 0. The monoisotopic (exact) mass is 732 g/mol. The SMILES string of the molecule is OCCOCCOCCOCCOCCOCCOCCOCCSCCC(F)(F)C(F)(F)C(F)(F)C(F)(F)C(F)(F)C(F)(F)F. The van der Waals surface area contributed by atoms with Crippen LogP contribution in [0.3, 0.4) is 0 Å². The van der Waals surface area contributed by atoms with E-state index in [1.54, 1.807) is 0 Å². The molecule has 278 valence electrons. The minimum atomic E-state index is -7.89. The predicted molar refractivity (Wildman–Crippen MR) is 136 cm³/mol. The maximum atomic E-state index is 13.7. The van der Waals surface area contributed by atoms with Gasteiger partial charge in [-0.25, -0.2) is 0 Å². The fourth-order valence-corrected chi connectivity index (χ4v) is 3.71. The largest absolute Gasteiger partial charge is 0.460 e. The van der Waals surface area contributed by atoms with Crippen molar-refractivity contribution >= 4 is 11.8 Å². The molecule has 0 rings (SSSR count). The minimum absolute atomic E-state index is 0.00481. The van der Waals surface area contributed by atoms with Gasteiger partial charge in [0.2, 0.25) is 0 Å². The van der Waals surface area contributed by atoms with Gasteiger partial charge >= 0.3 is 35.8 Å². The second kappa shape index (κ2) is 22.0. The van der Waals surface area contributed by atoms with Gasteiger partial charge in [0.15, 0.2) is 0 Å². The lowest BCUT2D eigenvalue weighted by Gasteiger charge is -2.39. The van der Waals surface area contributed by atoms with Crippen molar-refractivity contribution in [2.45, 2.75) is 42.2 Å². The Hall–Kier alpha value is -0.880. The Morgan fingerprint density at radius 3 is 1.00 bits per heavy atom. The van der Waals surface area contributed by atoms with Crippen LogP contribution in [0.25, 0.3) is 0 Å². The Bertz CT molecular complexity index is 781. The second-order valence-electron chi connectivity index (χ2n) is 8.87. The van der Waals surface area contributed by atoms with E-state index in [0.29, 0.717) is 58.0 Å². The third kappa shape index (κ3) is 14.7. The summed E-state index contributed by atoms with van der Waals surface area (Å²) in [6.45, 7) is 3.28. The van der Waals surface area contributed by atoms with E-state index < -0.39 is 48.0 Å². The molecule has 0 saturated carbocycles. The van der Waals surface area contributed by atoms with E-state index >= 15 is 0 Å². The van der Waals surface area contributed by atoms with E-state index in [-0.39, 0.29) is 58.6 Å². The highest BCUT2D eigenvalue weighted by molar-refractivity contribution is 7.99. The smallest absolute Gasteiger partial charge is 0.394 e. The van der Waals surface area contributed by atoms with Crippen molar-refractivity contribution in [3.8, 4) is 0 Å². The molecule has 0 unspecified atom stereocenters. The molecule has 0 bridgehead atoms. The van der Waals surface area contributed by atoms with Crippen LogP contribution >= 0.6 is 11.8 Å². The van der Waals surface area contributed by atoms with Crippen LogP contribution in [0.4, 0.5) is 57.1 Å². The minimum Gasteiger partial charge on any atom is -0.394 e. The van der Waals surface area contributed by atoms with E-state index in [1.165, 1.54) is 0 Å².